The zero-order valence-corrected chi connectivity index (χ0v) is 11.5. The first-order chi connectivity index (χ1) is 9.61. The van der Waals surface area contributed by atoms with Crippen LogP contribution in [-0.2, 0) is 9.53 Å². The van der Waals surface area contributed by atoms with E-state index < -0.39 is 11.9 Å². The predicted molar refractivity (Wildman–Crippen MR) is 73.1 cm³/mol. The van der Waals surface area contributed by atoms with Crippen LogP contribution in [0.1, 0.15) is 24.8 Å². The Bertz CT molecular complexity index is 553. The van der Waals surface area contributed by atoms with Crippen molar-refractivity contribution in [3.63, 3.8) is 0 Å². The second-order valence-electron chi connectivity index (χ2n) is 4.40. The number of benzene rings is 1. The summed E-state index contributed by atoms with van der Waals surface area (Å²) in [4.78, 5) is 12.3. The molecule has 1 heterocycles. The van der Waals surface area contributed by atoms with Crippen LogP contribution < -0.4 is 10.5 Å². The molecule has 7 heteroatoms. The number of nitrogens with two attached hydrogens (primary N) is 1. The van der Waals surface area contributed by atoms with Crippen molar-refractivity contribution in [3.05, 3.63) is 23.5 Å². The molecule has 20 heavy (non-hydrogen) atoms. The summed E-state index contributed by atoms with van der Waals surface area (Å²) in [5.41, 5.74) is 5.29. The molecule has 1 saturated heterocycles. The van der Waals surface area contributed by atoms with E-state index in [0.29, 0.717) is 17.9 Å². The number of nitrogens with one attached hydrogen (secondary N) is 1. The summed E-state index contributed by atoms with van der Waals surface area (Å²) in [6, 6.07) is 4.43. The molecule has 1 fully saturated rings. The van der Waals surface area contributed by atoms with Crippen molar-refractivity contribution in [2.45, 2.75) is 30.3 Å². The fourth-order valence-corrected chi connectivity index (χ4v) is 2.56. The Hall–Kier alpha value is -1.78. The molecule has 1 aliphatic rings. The fourth-order valence-electron chi connectivity index (χ4n) is 1.87. The lowest BCUT2D eigenvalue weighted by Gasteiger charge is -2.21. The SMILES string of the molecule is N#Cc1cc(SNC(=O)C2CCCCO2)cc(F)c1N. The summed E-state index contributed by atoms with van der Waals surface area (Å²) >= 11 is 0.948. The largest absolute Gasteiger partial charge is 0.395 e. The maximum absolute atomic E-state index is 13.5. The van der Waals surface area contributed by atoms with Gasteiger partial charge >= 0.3 is 0 Å². The van der Waals surface area contributed by atoms with Gasteiger partial charge in [-0.2, -0.15) is 5.26 Å². The summed E-state index contributed by atoms with van der Waals surface area (Å²) in [6.07, 6.45) is 2.15. The minimum Gasteiger partial charge on any atom is -0.395 e. The van der Waals surface area contributed by atoms with E-state index in [1.807, 2.05) is 6.07 Å². The molecule has 1 aromatic carbocycles. The number of carbonyl (C=O) groups is 1. The summed E-state index contributed by atoms with van der Waals surface area (Å²) in [6.45, 7) is 0.581. The van der Waals surface area contributed by atoms with Gasteiger partial charge < -0.3 is 10.5 Å². The lowest BCUT2D eigenvalue weighted by molar-refractivity contribution is -0.133. The molecule has 0 radical (unpaired) electrons. The van der Waals surface area contributed by atoms with E-state index in [9.17, 15) is 9.18 Å². The van der Waals surface area contributed by atoms with E-state index in [1.54, 1.807) is 0 Å². The number of hydrogen-bond donors (Lipinski definition) is 2. The Morgan fingerprint density at radius 2 is 2.35 bits per heavy atom. The van der Waals surface area contributed by atoms with Gasteiger partial charge in [0.15, 0.2) is 0 Å². The highest BCUT2D eigenvalue weighted by Gasteiger charge is 2.22. The molecule has 1 unspecified atom stereocenters. The van der Waals surface area contributed by atoms with Crippen LogP contribution in [0.15, 0.2) is 17.0 Å². The number of nitrogens with zero attached hydrogens (tertiary/aromatic N) is 1. The normalized spacial score (nSPS) is 18.3. The summed E-state index contributed by atoms with van der Waals surface area (Å²) in [5, 5.41) is 8.84. The highest BCUT2D eigenvalue weighted by atomic mass is 32.2. The van der Waals surface area contributed by atoms with Crippen LogP contribution >= 0.6 is 11.9 Å². The van der Waals surface area contributed by atoms with Gasteiger partial charge in [0.05, 0.1) is 11.3 Å². The molecule has 2 rings (SSSR count). The zero-order valence-electron chi connectivity index (χ0n) is 10.7. The Balaban J connectivity index is 1.98. The van der Waals surface area contributed by atoms with Gasteiger partial charge in [-0.1, -0.05) is 0 Å². The third-order valence-electron chi connectivity index (χ3n) is 2.97. The van der Waals surface area contributed by atoms with Crippen molar-refractivity contribution in [2.75, 3.05) is 12.3 Å². The number of nitriles is 1. The number of amides is 1. The average molecular weight is 295 g/mol. The monoisotopic (exact) mass is 295 g/mol. The number of anilines is 1. The predicted octanol–water partition coefficient (Wildman–Crippen LogP) is 1.97. The van der Waals surface area contributed by atoms with E-state index in [-0.39, 0.29) is 17.2 Å². The van der Waals surface area contributed by atoms with Crippen molar-refractivity contribution in [2.24, 2.45) is 0 Å². The molecular formula is C13H14FN3O2S. The lowest BCUT2D eigenvalue weighted by Crippen LogP contribution is -2.35. The molecule has 3 N–H and O–H groups in total. The third-order valence-corrected chi connectivity index (χ3v) is 3.74. The standard InChI is InChI=1S/C13H14FN3O2S/c14-10-6-9(5-8(7-15)12(10)16)20-17-13(18)11-3-1-2-4-19-11/h5-6,11H,1-4,16H2,(H,17,18). The number of ether oxygens (including phenoxy) is 1. The molecule has 0 bridgehead atoms. The quantitative estimate of drug-likeness (QED) is 0.657. The molecule has 1 atom stereocenters. The first-order valence-electron chi connectivity index (χ1n) is 6.19. The number of halogens is 1. The molecule has 0 spiro atoms. The van der Waals surface area contributed by atoms with Gasteiger partial charge in [-0.05, 0) is 43.3 Å². The van der Waals surface area contributed by atoms with Crippen molar-refractivity contribution < 1.29 is 13.9 Å². The molecule has 1 amide bonds. The number of hydrogen-bond acceptors (Lipinski definition) is 5. The van der Waals surface area contributed by atoms with Gasteiger partial charge in [0.25, 0.3) is 5.91 Å². The van der Waals surface area contributed by atoms with Crippen LogP contribution in [-0.4, -0.2) is 18.6 Å². The Morgan fingerprint density at radius 1 is 1.55 bits per heavy atom. The second-order valence-corrected chi connectivity index (χ2v) is 5.28. The summed E-state index contributed by atoms with van der Waals surface area (Å²) in [5.74, 6) is -0.917. The Labute approximate surface area is 120 Å². The molecule has 1 aromatic rings. The van der Waals surface area contributed by atoms with E-state index in [0.717, 1.165) is 24.8 Å². The first-order valence-corrected chi connectivity index (χ1v) is 7.01. The van der Waals surface area contributed by atoms with Crippen molar-refractivity contribution in [1.29, 1.82) is 5.26 Å². The fraction of sp³-hybridized carbons (Fsp3) is 0.385. The molecule has 0 aromatic heterocycles. The maximum atomic E-state index is 13.5. The molecule has 5 nitrogen and oxygen atoms in total. The number of carbonyl (C=O) groups excluding carboxylic acids is 1. The van der Waals surface area contributed by atoms with Gasteiger partial charge in [0, 0.05) is 11.5 Å². The van der Waals surface area contributed by atoms with E-state index in [4.69, 9.17) is 15.7 Å². The van der Waals surface area contributed by atoms with Gasteiger partial charge in [-0.15, -0.1) is 0 Å². The van der Waals surface area contributed by atoms with Crippen LogP contribution in [0.25, 0.3) is 0 Å². The molecule has 1 aliphatic heterocycles. The minimum atomic E-state index is -0.672. The van der Waals surface area contributed by atoms with Crippen LogP contribution in [0.5, 0.6) is 0 Å². The Morgan fingerprint density at radius 3 is 3.00 bits per heavy atom. The molecule has 0 saturated carbocycles. The maximum Gasteiger partial charge on any atom is 0.259 e. The number of rotatable bonds is 3. The van der Waals surface area contributed by atoms with Crippen LogP contribution in [0, 0.1) is 17.1 Å². The highest BCUT2D eigenvalue weighted by Crippen LogP contribution is 2.24. The highest BCUT2D eigenvalue weighted by molar-refractivity contribution is 7.98. The van der Waals surface area contributed by atoms with E-state index >= 15 is 0 Å². The lowest BCUT2D eigenvalue weighted by atomic mass is 10.1. The van der Waals surface area contributed by atoms with E-state index in [2.05, 4.69) is 4.72 Å². The average Bonchev–Trinajstić information content (AvgIpc) is 2.48. The number of nitrogen functional groups attached to an aromatic ring is 1. The topological polar surface area (TPSA) is 88.1 Å². The van der Waals surface area contributed by atoms with Gasteiger partial charge in [-0.25, -0.2) is 4.39 Å². The third kappa shape index (κ3) is 3.40. The molecular weight excluding hydrogens is 281 g/mol. The summed E-state index contributed by atoms with van der Waals surface area (Å²) in [7, 11) is 0. The van der Waals surface area contributed by atoms with Gasteiger partial charge in [-0.3, -0.25) is 9.52 Å². The van der Waals surface area contributed by atoms with E-state index in [1.165, 1.54) is 12.1 Å². The van der Waals surface area contributed by atoms with Crippen LogP contribution in [0.4, 0.5) is 10.1 Å². The Kier molecular flexibility index (Phi) is 4.82. The van der Waals surface area contributed by atoms with Gasteiger partial charge in [0.2, 0.25) is 0 Å². The van der Waals surface area contributed by atoms with Crippen LogP contribution in [0.3, 0.4) is 0 Å². The minimum absolute atomic E-state index is 0.0515. The first kappa shape index (κ1) is 14.6. The van der Waals surface area contributed by atoms with Crippen molar-refractivity contribution in [1.82, 2.24) is 4.72 Å². The van der Waals surface area contributed by atoms with Crippen molar-refractivity contribution >= 4 is 23.5 Å². The smallest absolute Gasteiger partial charge is 0.259 e. The zero-order chi connectivity index (χ0) is 14.5. The van der Waals surface area contributed by atoms with Crippen LogP contribution in [0.2, 0.25) is 0 Å². The second kappa shape index (κ2) is 6.59. The molecule has 0 aliphatic carbocycles. The molecule has 106 valence electrons. The van der Waals surface area contributed by atoms with Gasteiger partial charge in [0.1, 0.15) is 18.0 Å². The summed E-state index contributed by atoms with van der Waals surface area (Å²) < 4.78 is 21.4. The van der Waals surface area contributed by atoms with Crippen molar-refractivity contribution in [3.8, 4) is 6.07 Å².